The highest BCUT2D eigenvalue weighted by Crippen LogP contribution is 2.52. The summed E-state index contributed by atoms with van der Waals surface area (Å²) in [4.78, 5) is 67.3. The molecule has 3 spiro atoms. The van der Waals surface area contributed by atoms with Gasteiger partial charge in [0, 0.05) is 124 Å². The lowest BCUT2D eigenvalue weighted by molar-refractivity contribution is 0.0973. The van der Waals surface area contributed by atoms with E-state index in [0.29, 0.717) is 74.8 Å². The van der Waals surface area contributed by atoms with E-state index in [1.165, 1.54) is 71.7 Å². The second-order valence-corrected chi connectivity index (χ2v) is 48.4. The Bertz CT molecular complexity index is 7130. The van der Waals surface area contributed by atoms with Crippen LogP contribution in [0.4, 0.5) is 29.7 Å². The minimum Gasteiger partial charge on any atom is -0.379 e. The van der Waals surface area contributed by atoms with E-state index in [0.717, 1.165) is 285 Å². The Morgan fingerprint density at radius 2 is 0.616 bits per heavy atom. The van der Waals surface area contributed by atoms with E-state index in [2.05, 4.69) is 95.7 Å². The van der Waals surface area contributed by atoms with Crippen LogP contribution in [0.1, 0.15) is 133 Å². The Morgan fingerprint density at radius 3 is 0.863 bits per heavy atom. The van der Waals surface area contributed by atoms with E-state index in [1.807, 2.05) is 113 Å². The molecule has 146 heavy (non-hydrogen) atoms. The predicted octanol–water partition coefficient (Wildman–Crippen LogP) is 21.7. The van der Waals surface area contributed by atoms with Gasteiger partial charge < -0.3 is 62.6 Å². The molecule has 47 heteroatoms. The van der Waals surface area contributed by atoms with Gasteiger partial charge in [0.05, 0.1) is 129 Å². The largest absolute Gasteiger partial charge is 0.379 e. The van der Waals surface area contributed by atoms with Gasteiger partial charge in [0.1, 0.15) is 31.6 Å². The molecular weight excluding hydrogens is 2160 g/mol. The van der Waals surface area contributed by atoms with Gasteiger partial charge in [-0.15, -0.1) is 0 Å². The van der Waals surface area contributed by atoms with Crippen LogP contribution in [-0.4, -0.2) is 219 Å². The lowest BCUT2D eigenvalue weighted by Gasteiger charge is -2.42. The van der Waals surface area contributed by atoms with E-state index >= 15 is 0 Å². The molecule has 1 saturated carbocycles. The molecule has 8 fully saturated rings. The molecule has 7 saturated heterocycles. The molecule has 10 aromatic heterocycles. The number of fused-ring (bicyclic) bond motifs is 5. The first-order valence-corrected chi connectivity index (χ1v) is 56.3. The van der Waals surface area contributed by atoms with Gasteiger partial charge in [-0.2, -0.15) is 48.1 Å². The van der Waals surface area contributed by atoms with Gasteiger partial charge in [-0.3, -0.25) is 0 Å². The lowest BCUT2D eigenvalue weighted by Crippen LogP contribution is -2.51. The molecule has 32 nitrogen and oxygen atoms in total. The molecule has 0 amide bonds. The van der Waals surface area contributed by atoms with Crippen molar-refractivity contribution in [3.8, 4) is 0 Å². The topological polar surface area (TPSA) is 380 Å². The van der Waals surface area contributed by atoms with Crippen LogP contribution in [0.15, 0.2) is 172 Å². The monoisotopic (exact) mass is 2260 g/mol. The third kappa shape index (κ3) is 21.9. The number of hydrogen-bond acceptors (Lipinski definition) is 32. The summed E-state index contributed by atoms with van der Waals surface area (Å²) in [5.41, 5.74) is 40.3. The highest BCUT2D eigenvalue weighted by Gasteiger charge is 2.50. The van der Waals surface area contributed by atoms with E-state index < -0.39 is 0 Å². The Balaban J connectivity index is 0.000000115. The second-order valence-electron chi connectivity index (χ2n) is 39.2. The Morgan fingerprint density at radius 1 is 0.349 bits per heavy atom. The first-order chi connectivity index (χ1) is 70.1. The molecule has 4 unspecified atom stereocenters. The molecule has 4 atom stereocenters. The van der Waals surface area contributed by atoms with Gasteiger partial charge in [-0.1, -0.05) is 218 Å². The van der Waals surface area contributed by atoms with Gasteiger partial charge in [0.25, 0.3) is 0 Å². The Labute approximate surface area is 917 Å². The zero-order valence-electron chi connectivity index (χ0n) is 81.7. The van der Waals surface area contributed by atoms with Crippen LogP contribution in [0.2, 0.25) is 50.2 Å². The SMILES string of the molecule is Cc1nc(N2CCC(C)(CN)CC2)n2ncnc2c1Sc1cccc(Cl)c1Cl.Cc1nc(N2CCC(C)(N)CC2)n2ncnc2c1Sc1cccc(Cl)c1Cl.Cc1nc(N2CCC3(CC2)COC(C)C3N)n2ncnc2c1Sc1cccc(Cl)c1Cl.Cc1nc(N2CCC3(CC2)COCC3N)n2ncnc2c1Sc1cccc(Cl)c1Cl.Cc1nc(N2CCC3(CCCC3N)CC2)n2ncnc2c1Sc1cccc(Cl)c1Cl. The number of anilines is 5. The highest BCUT2D eigenvalue weighted by atomic mass is 35.5. The summed E-state index contributed by atoms with van der Waals surface area (Å²) < 4.78 is 20.6. The van der Waals surface area contributed by atoms with Gasteiger partial charge in [0.15, 0.2) is 28.2 Å². The summed E-state index contributed by atoms with van der Waals surface area (Å²) in [5.74, 6) is 4.09. The molecule has 7 aliphatic heterocycles. The molecule has 10 N–H and O–H groups in total. The molecule has 770 valence electrons. The van der Waals surface area contributed by atoms with Crippen LogP contribution in [0.25, 0.3) is 28.2 Å². The van der Waals surface area contributed by atoms with Crippen molar-refractivity contribution in [3.05, 3.63) is 201 Å². The lowest BCUT2D eigenvalue weighted by atomic mass is 9.73. The number of aryl methyl sites for hydroxylation is 5. The molecule has 0 radical (unpaired) electrons. The molecule has 5 aromatic carbocycles. The molecule has 17 heterocycles. The summed E-state index contributed by atoms with van der Waals surface area (Å²) in [5, 5.41) is 27.6. The fraction of sp³-hybridized carbons (Fsp3) is 0.444. The van der Waals surface area contributed by atoms with Crippen LogP contribution in [0.5, 0.6) is 0 Å². The second kappa shape index (κ2) is 44.9. The molecular formula is C99H112Cl10N30O2S5. The maximum Gasteiger partial charge on any atom is 0.228 e. The van der Waals surface area contributed by atoms with Crippen LogP contribution in [0, 0.1) is 56.3 Å². The zero-order chi connectivity index (χ0) is 103. The van der Waals surface area contributed by atoms with E-state index in [-0.39, 0.29) is 40.0 Å². The summed E-state index contributed by atoms with van der Waals surface area (Å²) in [6, 6.07) is 28.6. The Kier molecular flexibility index (Phi) is 32.8. The van der Waals surface area contributed by atoms with Crippen molar-refractivity contribution in [3.63, 3.8) is 0 Å². The fourth-order valence-electron chi connectivity index (χ4n) is 20.3. The first kappa shape index (κ1) is 107. The minimum absolute atomic E-state index is 0.0611. The van der Waals surface area contributed by atoms with Crippen molar-refractivity contribution in [2.75, 3.05) is 116 Å². The number of piperidine rings is 5. The number of aromatic nitrogens is 20. The van der Waals surface area contributed by atoms with Crippen LogP contribution >= 0.6 is 175 Å². The van der Waals surface area contributed by atoms with Gasteiger partial charge in [0.2, 0.25) is 29.7 Å². The zero-order valence-corrected chi connectivity index (χ0v) is 93.3. The van der Waals surface area contributed by atoms with Crippen molar-refractivity contribution < 1.29 is 9.47 Å². The predicted molar refractivity (Wildman–Crippen MR) is 589 cm³/mol. The van der Waals surface area contributed by atoms with Gasteiger partial charge >= 0.3 is 0 Å². The maximum atomic E-state index is 6.48. The standard InChI is InChI=1S/C21H24Cl2N6OS.C21H24Cl2N6S.C20H22Cl2N6OS.C19H22Cl2N6S.C18H20Cl2N6S/c1-12-17(31-15-5-3-4-14(22)16(15)23)19-25-11-26-29(19)20(27-12)28-8-6-21(7-9-28)10-30-13(2)18(21)24;1-13-18(30-15-5-2-4-14(22)17(15)23)19-25-12-26-29(19)20(27-13)28-10-8-21(9-11-28)7-3-6-16(21)24;1-12-17(30-14-4-2-3-13(21)16(14)22)18-24-11-25-28(18)19(26-12)27-7-5-20(6-8-27)10-29-9-15(20)23;1-12-16(28-14-5-3-4-13(20)15(14)21)17-23-11-24-27(17)18(25-12)26-8-6-19(2,10-22)7-9-26;1-11-15(27-13-5-3-4-12(19)14(13)20)16-22-10-23-26(16)17(24-11)25-8-6-18(2,21)7-9-25/h3-5,11,13,18H,6-10,24H2,1-2H3;2,4-5,12,16H,3,6-11,24H2,1H3;2-4,11,15H,5-10,23H2,1H3;3-5,11H,6-10,22H2,1-2H3;3-5,10H,6-9,21H2,1-2H3. The van der Waals surface area contributed by atoms with E-state index in [4.69, 9.17) is 179 Å². The van der Waals surface area contributed by atoms with Crippen molar-refractivity contribution >= 4 is 233 Å². The number of nitrogens with zero attached hydrogens (tertiary/aromatic N) is 25. The first-order valence-electron chi connectivity index (χ1n) is 48.4. The minimum atomic E-state index is -0.119. The van der Waals surface area contributed by atoms with E-state index in [9.17, 15) is 0 Å². The average molecular weight is 2270 g/mol. The number of rotatable bonds is 16. The quantitative estimate of drug-likeness (QED) is 0.0600. The fourth-order valence-corrected chi connectivity index (χ4v) is 27.6. The van der Waals surface area contributed by atoms with Crippen LogP contribution in [0.3, 0.4) is 0 Å². The third-order valence-electron chi connectivity index (χ3n) is 29.7. The van der Waals surface area contributed by atoms with Crippen molar-refractivity contribution in [2.45, 2.75) is 218 Å². The number of ether oxygens (including phenoxy) is 2. The van der Waals surface area contributed by atoms with Crippen molar-refractivity contribution in [2.24, 2.45) is 50.3 Å². The summed E-state index contributed by atoms with van der Waals surface area (Å²) in [6.45, 7) is 28.1. The summed E-state index contributed by atoms with van der Waals surface area (Å²) in [7, 11) is 0. The molecule has 1 aliphatic carbocycles. The maximum absolute atomic E-state index is 6.48. The molecule has 0 bridgehead atoms. The smallest absolute Gasteiger partial charge is 0.228 e. The summed E-state index contributed by atoms with van der Waals surface area (Å²) in [6.07, 6.45) is 21.7. The molecule has 23 rings (SSSR count). The number of nitrogens with two attached hydrogens (primary N) is 5. The highest BCUT2D eigenvalue weighted by molar-refractivity contribution is 8.00. The van der Waals surface area contributed by atoms with Crippen LogP contribution < -0.4 is 53.2 Å². The third-order valence-corrected chi connectivity index (χ3v) is 40.5. The van der Waals surface area contributed by atoms with Gasteiger partial charge in [-0.25, -0.2) is 49.8 Å². The van der Waals surface area contributed by atoms with Crippen LogP contribution in [-0.2, 0) is 9.47 Å². The normalized spacial score (nSPS) is 19.9. The molecule has 8 aliphatic rings. The van der Waals surface area contributed by atoms with Gasteiger partial charge in [-0.05, 0) is 204 Å². The van der Waals surface area contributed by atoms with Crippen molar-refractivity contribution in [1.29, 1.82) is 0 Å². The average Bonchev–Trinajstić information content (AvgIpc) is 1.57. The Hall–Kier alpha value is -7.78. The molecule has 15 aromatic rings. The number of hydrogen-bond donors (Lipinski definition) is 5. The van der Waals surface area contributed by atoms with Crippen molar-refractivity contribution in [1.82, 2.24) is 97.9 Å². The number of halogens is 10. The summed E-state index contributed by atoms with van der Waals surface area (Å²) >= 11 is 70.4. The van der Waals surface area contributed by atoms with E-state index in [1.54, 1.807) is 66.5 Å². The number of benzene rings is 5.